The number of amides is 2. The van der Waals surface area contributed by atoms with Gasteiger partial charge in [-0.05, 0) is 31.0 Å². The average molecular weight is 443 g/mol. The summed E-state index contributed by atoms with van der Waals surface area (Å²) in [6.07, 6.45) is 1.11. The Hall–Kier alpha value is -3.93. The van der Waals surface area contributed by atoms with Gasteiger partial charge in [-0.1, -0.05) is 60.7 Å². The number of anilines is 1. The van der Waals surface area contributed by atoms with E-state index in [-0.39, 0.29) is 23.5 Å². The molecular weight excluding hydrogens is 416 g/mol. The molecule has 0 spiro atoms. The highest BCUT2D eigenvalue weighted by Gasteiger charge is 2.30. The zero-order valence-corrected chi connectivity index (χ0v) is 18.5. The maximum atomic E-state index is 13.3. The van der Waals surface area contributed by atoms with Crippen molar-refractivity contribution >= 4 is 23.3 Å². The normalized spacial score (nSPS) is 13.9. The number of para-hydroxylation sites is 2. The minimum atomic E-state index is -0.194. The molecule has 1 aliphatic rings. The SMILES string of the molecule is COc1ccccc1NC(=O)C1CCN(C(=O)c2ccccc2C(=O)c2ccccc2)CC1. The van der Waals surface area contributed by atoms with Gasteiger partial charge in [0, 0.05) is 30.1 Å². The first kappa shape index (κ1) is 22.3. The number of likely N-dealkylation sites (tertiary alicyclic amines) is 1. The maximum Gasteiger partial charge on any atom is 0.254 e. The predicted octanol–water partition coefficient (Wildman–Crippen LogP) is 4.42. The number of carbonyl (C=O) groups is 3. The molecule has 6 heteroatoms. The fourth-order valence-electron chi connectivity index (χ4n) is 4.11. The minimum Gasteiger partial charge on any atom is -0.495 e. The van der Waals surface area contributed by atoms with Crippen molar-refractivity contribution in [3.05, 3.63) is 95.6 Å². The molecule has 3 aromatic carbocycles. The van der Waals surface area contributed by atoms with Gasteiger partial charge >= 0.3 is 0 Å². The second-order valence-corrected chi connectivity index (χ2v) is 8.00. The van der Waals surface area contributed by atoms with Crippen LogP contribution in [-0.2, 0) is 4.79 Å². The molecule has 6 nitrogen and oxygen atoms in total. The van der Waals surface area contributed by atoms with E-state index in [1.165, 1.54) is 0 Å². The molecule has 168 valence electrons. The van der Waals surface area contributed by atoms with Crippen LogP contribution < -0.4 is 10.1 Å². The number of hydrogen-bond acceptors (Lipinski definition) is 4. The fraction of sp³-hybridized carbons (Fsp3) is 0.222. The molecule has 0 aliphatic carbocycles. The fourth-order valence-corrected chi connectivity index (χ4v) is 4.11. The largest absolute Gasteiger partial charge is 0.495 e. The predicted molar refractivity (Wildman–Crippen MR) is 127 cm³/mol. The molecule has 1 fully saturated rings. The molecule has 33 heavy (non-hydrogen) atoms. The van der Waals surface area contributed by atoms with Crippen LogP contribution >= 0.6 is 0 Å². The monoisotopic (exact) mass is 442 g/mol. The lowest BCUT2D eigenvalue weighted by Gasteiger charge is -2.32. The molecule has 0 bridgehead atoms. The second-order valence-electron chi connectivity index (χ2n) is 8.00. The smallest absolute Gasteiger partial charge is 0.254 e. The molecule has 1 saturated heterocycles. The van der Waals surface area contributed by atoms with E-state index in [9.17, 15) is 14.4 Å². The van der Waals surface area contributed by atoms with Crippen LogP contribution in [0.5, 0.6) is 5.75 Å². The number of hydrogen-bond donors (Lipinski definition) is 1. The molecule has 0 atom stereocenters. The Morgan fingerprint density at radius 2 is 1.42 bits per heavy atom. The number of nitrogens with zero attached hydrogens (tertiary/aromatic N) is 1. The number of rotatable bonds is 6. The summed E-state index contributed by atoms with van der Waals surface area (Å²) in [5.74, 6) is -0.0198. The number of carbonyl (C=O) groups excluding carboxylic acids is 3. The summed E-state index contributed by atoms with van der Waals surface area (Å²) in [4.78, 5) is 40.7. The first-order valence-corrected chi connectivity index (χ1v) is 11.0. The summed E-state index contributed by atoms with van der Waals surface area (Å²) in [6, 6.07) is 23.1. The number of methoxy groups -OCH3 is 1. The van der Waals surface area contributed by atoms with Crippen molar-refractivity contribution in [2.75, 3.05) is 25.5 Å². The van der Waals surface area contributed by atoms with Crippen LogP contribution in [0.3, 0.4) is 0 Å². The molecule has 1 heterocycles. The van der Waals surface area contributed by atoms with Crippen molar-refractivity contribution in [2.45, 2.75) is 12.8 Å². The van der Waals surface area contributed by atoms with Crippen molar-refractivity contribution < 1.29 is 19.1 Å². The Morgan fingerprint density at radius 3 is 2.12 bits per heavy atom. The molecule has 3 aromatic rings. The first-order chi connectivity index (χ1) is 16.1. The molecule has 1 aliphatic heterocycles. The van der Waals surface area contributed by atoms with Crippen LogP contribution in [0.25, 0.3) is 0 Å². The lowest BCUT2D eigenvalue weighted by Crippen LogP contribution is -2.41. The zero-order valence-electron chi connectivity index (χ0n) is 18.5. The Labute approximate surface area is 193 Å². The van der Waals surface area contributed by atoms with Gasteiger partial charge < -0.3 is 15.0 Å². The molecule has 4 rings (SSSR count). The molecule has 1 N–H and O–H groups in total. The molecule has 0 aromatic heterocycles. The van der Waals surface area contributed by atoms with Gasteiger partial charge in [-0.2, -0.15) is 0 Å². The Morgan fingerprint density at radius 1 is 0.818 bits per heavy atom. The highest BCUT2D eigenvalue weighted by Crippen LogP contribution is 2.26. The second kappa shape index (κ2) is 10.1. The Kier molecular flexibility index (Phi) is 6.83. The molecule has 2 amide bonds. The van der Waals surface area contributed by atoms with Crippen LogP contribution in [0.1, 0.15) is 39.1 Å². The third-order valence-electron chi connectivity index (χ3n) is 5.96. The quantitative estimate of drug-likeness (QED) is 0.574. The summed E-state index contributed by atoms with van der Waals surface area (Å²) in [6.45, 7) is 0.910. The number of ketones is 1. The van der Waals surface area contributed by atoms with Crippen LogP contribution in [0.4, 0.5) is 5.69 Å². The lowest BCUT2D eigenvalue weighted by atomic mass is 9.93. The maximum absolute atomic E-state index is 13.3. The van der Waals surface area contributed by atoms with Crippen LogP contribution in [0.15, 0.2) is 78.9 Å². The van der Waals surface area contributed by atoms with E-state index in [0.717, 1.165) is 0 Å². The van der Waals surface area contributed by atoms with E-state index < -0.39 is 0 Å². The van der Waals surface area contributed by atoms with Crippen LogP contribution in [0, 0.1) is 5.92 Å². The summed E-state index contributed by atoms with van der Waals surface area (Å²) < 4.78 is 5.30. The van der Waals surface area contributed by atoms with Crippen molar-refractivity contribution in [3.8, 4) is 5.75 Å². The number of piperidine rings is 1. The van der Waals surface area contributed by atoms with Crippen molar-refractivity contribution in [2.24, 2.45) is 5.92 Å². The molecular formula is C27H26N2O4. The summed E-state index contributed by atoms with van der Waals surface area (Å²) in [5, 5.41) is 2.94. The number of ether oxygens (including phenoxy) is 1. The van der Waals surface area contributed by atoms with Gasteiger partial charge in [0.15, 0.2) is 5.78 Å². The highest BCUT2D eigenvalue weighted by molar-refractivity contribution is 6.15. The van der Waals surface area contributed by atoms with Gasteiger partial charge in [-0.3, -0.25) is 14.4 Å². The molecule has 0 radical (unpaired) electrons. The minimum absolute atomic E-state index is 0.0775. The van der Waals surface area contributed by atoms with Gasteiger partial charge in [-0.25, -0.2) is 0 Å². The van der Waals surface area contributed by atoms with Gasteiger partial charge in [0.2, 0.25) is 5.91 Å². The zero-order chi connectivity index (χ0) is 23.2. The van der Waals surface area contributed by atoms with Crippen LogP contribution in [-0.4, -0.2) is 42.7 Å². The Balaban J connectivity index is 1.42. The van der Waals surface area contributed by atoms with Gasteiger partial charge in [-0.15, -0.1) is 0 Å². The number of benzene rings is 3. The molecule has 0 saturated carbocycles. The first-order valence-electron chi connectivity index (χ1n) is 11.0. The molecule has 0 unspecified atom stereocenters. The third-order valence-corrected chi connectivity index (χ3v) is 5.96. The van der Waals surface area contributed by atoms with E-state index >= 15 is 0 Å². The third kappa shape index (κ3) is 4.95. The van der Waals surface area contributed by atoms with Crippen molar-refractivity contribution in [3.63, 3.8) is 0 Å². The standard InChI is InChI=1S/C27H26N2O4/c1-33-24-14-8-7-13-23(24)28-26(31)20-15-17-29(18-16-20)27(32)22-12-6-5-11-21(22)25(30)19-9-3-2-4-10-19/h2-14,20H,15-18H2,1H3,(H,28,31). The van der Waals surface area contributed by atoms with Crippen LogP contribution in [0.2, 0.25) is 0 Å². The van der Waals surface area contributed by atoms with E-state index in [2.05, 4.69) is 5.32 Å². The van der Waals surface area contributed by atoms with E-state index in [4.69, 9.17) is 4.74 Å². The van der Waals surface area contributed by atoms with E-state index in [1.807, 2.05) is 18.2 Å². The number of nitrogens with one attached hydrogen (secondary N) is 1. The van der Waals surface area contributed by atoms with Crippen molar-refractivity contribution in [1.29, 1.82) is 0 Å². The van der Waals surface area contributed by atoms with Gasteiger partial charge in [0.05, 0.1) is 18.4 Å². The van der Waals surface area contributed by atoms with E-state index in [0.29, 0.717) is 54.1 Å². The van der Waals surface area contributed by atoms with Gasteiger partial charge in [0.25, 0.3) is 5.91 Å². The summed E-state index contributed by atoms with van der Waals surface area (Å²) in [5.41, 5.74) is 1.97. The van der Waals surface area contributed by atoms with Crippen molar-refractivity contribution in [1.82, 2.24) is 4.90 Å². The highest BCUT2D eigenvalue weighted by atomic mass is 16.5. The lowest BCUT2D eigenvalue weighted by molar-refractivity contribution is -0.121. The summed E-state index contributed by atoms with van der Waals surface area (Å²) >= 11 is 0. The average Bonchev–Trinajstić information content (AvgIpc) is 2.88. The van der Waals surface area contributed by atoms with Gasteiger partial charge in [0.1, 0.15) is 5.75 Å². The van der Waals surface area contributed by atoms with E-state index in [1.54, 1.807) is 72.7 Å². The Bertz CT molecular complexity index is 1150. The topological polar surface area (TPSA) is 75.7 Å². The summed E-state index contributed by atoms with van der Waals surface area (Å²) in [7, 11) is 1.56.